The zero-order valence-corrected chi connectivity index (χ0v) is 17.2. The fourth-order valence-corrected chi connectivity index (χ4v) is 4.73. The van der Waals surface area contributed by atoms with Crippen molar-refractivity contribution in [1.29, 1.82) is 0 Å². The van der Waals surface area contributed by atoms with Gasteiger partial charge in [0.15, 0.2) is 6.61 Å². The summed E-state index contributed by atoms with van der Waals surface area (Å²) >= 11 is 6.08. The summed E-state index contributed by atoms with van der Waals surface area (Å²) in [5.41, 5.74) is 1.74. The molecular weight excluding hydrogens is 400 g/mol. The number of piperazine rings is 1. The van der Waals surface area contributed by atoms with Crippen molar-refractivity contribution in [1.82, 2.24) is 9.21 Å². The summed E-state index contributed by atoms with van der Waals surface area (Å²) in [6.45, 7) is 3.05. The number of nitrogens with zero attached hydrogens (tertiary/aromatic N) is 2. The van der Waals surface area contributed by atoms with Crippen LogP contribution in [0.2, 0.25) is 5.02 Å². The van der Waals surface area contributed by atoms with E-state index >= 15 is 0 Å². The molecule has 2 aromatic rings. The van der Waals surface area contributed by atoms with Gasteiger partial charge in [0.05, 0.1) is 10.8 Å². The molecule has 0 saturated carbocycles. The monoisotopic (exact) mass is 422 g/mol. The van der Waals surface area contributed by atoms with E-state index in [1.165, 1.54) is 4.31 Å². The number of amides is 1. The van der Waals surface area contributed by atoms with Crippen molar-refractivity contribution < 1.29 is 17.9 Å². The van der Waals surface area contributed by atoms with Crippen LogP contribution < -0.4 is 4.74 Å². The van der Waals surface area contributed by atoms with Gasteiger partial charge in [-0.1, -0.05) is 48.0 Å². The lowest BCUT2D eigenvalue weighted by Gasteiger charge is -2.34. The van der Waals surface area contributed by atoms with Crippen LogP contribution >= 0.6 is 11.6 Å². The molecule has 8 heteroatoms. The fourth-order valence-electron chi connectivity index (χ4n) is 3.04. The molecule has 150 valence electrons. The standard InChI is InChI=1S/C20H23ClN2O4S/c1-16-7-8-18(21)19(13-16)27-14-20(24)22-9-11-23(12-10-22)28(25,26)15-17-5-3-2-4-6-17/h2-8,13H,9-12,14-15H2,1H3. The van der Waals surface area contributed by atoms with E-state index in [0.717, 1.165) is 11.1 Å². The van der Waals surface area contributed by atoms with Crippen LogP contribution in [-0.4, -0.2) is 56.3 Å². The number of halogens is 1. The highest BCUT2D eigenvalue weighted by molar-refractivity contribution is 7.88. The lowest BCUT2D eigenvalue weighted by atomic mass is 10.2. The summed E-state index contributed by atoms with van der Waals surface area (Å²) in [6.07, 6.45) is 0. The lowest BCUT2D eigenvalue weighted by Crippen LogP contribution is -2.51. The minimum absolute atomic E-state index is 0.0310. The zero-order valence-electron chi connectivity index (χ0n) is 15.7. The zero-order chi connectivity index (χ0) is 20.1. The Morgan fingerprint density at radius 3 is 2.43 bits per heavy atom. The Bertz CT molecular complexity index is 926. The molecule has 0 radical (unpaired) electrons. The minimum Gasteiger partial charge on any atom is -0.482 e. The average molecular weight is 423 g/mol. The number of carbonyl (C=O) groups excluding carboxylic acids is 1. The van der Waals surface area contributed by atoms with Crippen molar-refractivity contribution in [3.63, 3.8) is 0 Å². The van der Waals surface area contributed by atoms with E-state index in [0.29, 0.717) is 23.9 Å². The molecule has 1 heterocycles. The molecule has 0 atom stereocenters. The molecule has 0 spiro atoms. The second kappa shape index (κ2) is 8.94. The molecule has 1 saturated heterocycles. The maximum atomic E-state index is 12.6. The van der Waals surface area contributed by atoms with Gasteiger partial charge in [0.2, 0.25) is 10.0 Å². The first-order valence-corrected chi connectivity index (χ1v) is 11.0. The number of hydrogen-bond acceptors (Lipinski definition) is 4. The van der Waals surface area contributed by atoms with Crippen LogP contribution in [-0.2, 0) is 20.6 Å². The van der Waals surface area contributed by atoms with Crippen LogP contribution in [0.5, 0.6) is 5.75 Å². The van der Waals surface area contributed by atoms with E-state index in [-0.39, 0.29) is 31.4 Å². The molecule has 6 nitrogen and oxygen atoms in total. The average Bonchev–Trinajstić information content (AvgIpc) is 2.69. The molecule has 1 aliphatic heterocycles. The van der Waals surface area contributed by atoms with E-state index in [2.05, 4.69) is 0 Å². The minimum atomic E-state index is -3.40. The smallest absolute Gasteiger partial charge is 0.260 e. The fraction of sp³-hybridized carbons (Fsp3) is 0.350. The summed E-state index contributed by atoms with van der Waals surface area (Å²) in [7, 11) is -3.40. The highest BCUT2D eigenvalue weighted by Crippen LogP contribution is 2.25. The number of hydrogen-bond donors (Lipinski definition) is 0. The number of benzene rings is 2. The molecule has 2 aromatic carbocycles. The quantitative estimate of drug-likeness (QED) is 0.717. The van der Waals surface area contributed by atoms with Gasteiger partial charge in [-0.2, -0.15) is 4.31 Å². The van der Waals surface area contributed by atoms with Crippen LogP contribution in [0.15, 0.2) is 48.5 Å². The van der Waals surface area contributed by atoms with E-state index in [4.69, 9.17) is 16.3 Å². The highest BCUT2D eigenvalue weighted by Gasteiger charge is 2.29. The number of rotatable bonds is 6. The third-order valence-electron chi connectivity index (χ3n) is 4.61. The second-order valence-corrected chi connectivity index (χ2v) is 9.12. The predicted molar refractivity (Wildman–Crippen MR) is 109 cm³/mol. The van der Waals surface area contributed by atoms with Crippen molar-refractivity contribution in [2.24, 2.45) is 0 Å². The molecule has 0 bridgehead atoms. The van der Waals surface area contributed by atoms with Crippen molar-refractivity contribution in [2.75, 3.05) is 32.8 Å². The molecule has 1 fully saturated rings. The Balaban J connectivity index is 1.51. The first-order chi connectivity index (χ1) is 13.3. The van der Waals surface area contributed by atoms with Crippen LogP contribution in [0.3, 0.4) is 0 Å². The maximum Gasteiger partial charge on any atom is 0.260 e. The third-order valence-corrected chi connectivity index (χ3v) is 6.78. The second-order valence-electron chi connectivity index (χ2n) is 6.74. The number of aryl methyl sites for hydroxylation is 1. The van der Waals surface area contributed by atoms with Gasteiger partial charge in [0.25, 0.3) is 5.91 Å². The number of sulfonamides is 1. The van der Waals surface area contributed by atoms with Gasteiger partial charge in [-0.25, -0.2) is 8.42 Å². The largest absolute Gasteiger partial charge is 0.482 e. The van der Waals surface area contributed by atoms with Gasteiger partial charge in [-0.05, 0) is 30.2 Å². The van der Waals surface area contributed by atoms with E-state index in [9.17, 15) is 13.2 Å². The van der Waals surface area contributed by atoms with Crippen molar-refractivity contribution in [2.45, 2.75) is 12.7 Å². The summed E-state index contributed by atoms with van der Waals surface area (Å²) in [4.78, 5) is 14.0. The van der Waals surface area contributed by atoms with Gasteiger partial charge in [0.1, 0.15) is 5.75 Å². The van der Waals surface area contributed by atoms with Gasteiger partial charge in [-0.3, -0.25) is 4.79 Å². The van der Waals surface area contributed by atoms with Crippen molar-refractivity contribution >= 4 is 27.5 Å². The summed E-state index contributed by atoms with van der Waals surface area (Å²) in [6, 6.07) is 14.5. The third kappa shape index (κ3) is 5.25. The van der Waals surface area contributed by atoms with E-state index < -0.39 is 10.0 Å². The first-order valence-electron chi connectivity index (χ1n) is 9.03. The normalized spacial score (nSPS) is 15.4. The molecule has 28 heavy (non-hydrogen) atoms. The Hall–Kier alpha value is -2.09. The summed E-state index contributed by atoms with van der Waals surface area (Å²) in [5, 5.41) is 0.454. The van der Waals surface area contributed by atoms with E-state index in [1.54, 1.807) is 29.2 Å². The number of ether oxygens (including phenoxy) is 1. The van der Waals surface area contributed by atoms with E-state index in [1.807, 2.05) is 31.2 Å². The topological polar surface area (TPSA) is 66.9 Å². The SMILES string of the molecule is Cc1ccc(Cl)c(OCC(=O)N2CCN(S(=O)(=O)Cc3ccccc3)CC2)c1. The van der Waals surface area contributed by atoms with Crippen LogP contribution in [0, 0.1) is 6.92 Å². The van der Waals surface area contributed by atoms with Crippen LogP contribution in [0.1, 0.15) is 11.1 Å². The van der Waals surface area contributed by atoms with Crippen LogP contribution in [0.4, 0.5) is 0 Å². The molecule has 1 amide bonds. The highest BCUT2D eigenvalue weighted by atomic mass is 35.5. The Kier molecular flexibility index (Phi) is 6.59. The van der Waals surface area contributed by atoms with Gasteiger partial charge >= 0.3 is 0 Å². The van der Waals surface area contributed by atoms with Gasteiger partial charge in [-0.15, -0.1) is 0 Å². The molecule has 3 rings (SSSR count). The van der Waals surface area contributed by atoms with Gasteiger partial charge < -0.3 is 9.64 Å². The molecule has 0 unspecified atom stereocenters. The van der Waals surface area contributed by atoms with Crippen molar-refractivity contribution in [3.8, 4) is 5.75 Å². The molecule has 0 aromatic heterocycles. The summed E-state index contributed by atoms with van der Waals surface area (Å²) < 4.78 is 32.2. The lowest BCUT2D eigenvalue weighted by molar-refractivity contribution is -0.134. The van der Waals surface area contributed by atoms with Crippen molar-refractivity contribution in [3.05, 3.63) is 64.7 Å². The molecule has 1 aliphatic rings. The van der Waals surface area contributed by atoms with Crippen LogP contribution in [0.25, 0.3) is 0 Å². The molecular formula is C20H23ClN2O4S. The first kappa shape index (κ1) is 20.6. The number of carbonyl (C=O) groups is 1. The Morgan fingerprint density at radius 2 is 1.75 bits per heavy atom. The molecule has 0 N–H and O–H groups in total. The summed E-state index contributed by atoms with van der Waals surface area (Å²) in [5.74, 6) is 0.258. The Labute approximate surface area is 170 Å². The predicted octanol–water partition coefficient (Wildman–Crippen LogP) is 2.70. The Morgan fingerprint density at radius 1 is 1.07 bits per heavy atom. The maximum absolute atomic E-state index is 12.6. The van der Waals surface area contributed by atoms with Gasteiger partial charge in [0, 0.05) is 26.2 Å². The molecule has 0 aliphatic carbocycles.